The fourth-order valence-electron chi connectivity index (χ4n) is 3.85. The SMILES string of the molecule is Cn1c(CC2CC3CCC(C2)N3)nc2cccnc21. The van der Waals surface area contributed by atoms with Crippen molar-refractivity contribution in [2.24, 2.45) is 13.0 Å². The van der Waals surface area contributed by atoms with E-state index < -0.39 is 0 Å². The molecule has 1 N–H and O–H groups in total. The molecule has 2 fully saturated rings. The zero-order valence-corrected chi connectivity index (χ0v) is 11.3. The molecule has 4 rings (SSSR count). The van der Waals surface area contributed by atoms with Crippen LogP contribution in [0.3, 0.4) is 0 Å². The third kappa shape index (κ3) is 1.94. The topological polar surface area (TPSA) is 42.7 Å². The first kappa shape index (κ1) is 11.4. The van der Waals surface area contributed by atoms with Crippen molar-refractivity contribution in [3.63, 3.8) is 0 Å². The summed E-state index contributed by atoms with van der Waals surface area (Å²) in [5.41, 5.74) is 2.03. The zero-order chi connectivity index (χ0) is 12.8. The molecule has 100 valence electrons. The summed E-state index contributed by atoms with van der Waals surface area (Å²) >= 11 is 0. The fourth-order valence-corrected chi connectivity index (χ4v) is 3.85. The number of piperidine rings is 1. The maximum absolute atomic E-state index is 4.76. The Morgan fingerprint density at radius 3 is 2.84 bits per heavy atom. The van der Waals surface area contributed by atoms with Crippen LogP contribution in [0.25, 0.3) is 11.2 Å². The maximum atomic E-state index is 4.76. The zero-order valence-electron chi connectivity index (χ0n) is 11.3. The average molecular weight is 256 g/mol. The third-order valence-corrected chi connectivity index (χ3v) is 4.76. The summed E-state index contributed by atoms with van der Waals surface area (Å²) in [6.07, 6.45) is 8.30. The molecule has 2 aromatic rings. The summed E-state index contributed by atoms with van der Waals surface area (Å²) in [6.45, 7) is 0. The van der Waals surface area contributed by atoms with Crippen LogP contribution in [0, 0.1) is 5.92 Å². The van der Waals surface area contributed by atoms with E-state index in [9.17, 15) is 0 Å². The summed E-state index contributed by atoms with van der Waals surface area (Å²) in [7, 11) is 2.09. The monoisotopic (exact) mass is 256 g/mol. The summed E-state index contributed by atoms with van der Waals surface area (Å²) in [6, 6.07) is 5.54. The van der Waals surface area contributed by atoms with Gasteiger partial charge in [-0.1, -0.05) is 0 Å². The maximum Gasteiger partial charge on any atom is 0.159 e. The van der Waals surface area contributed by atoms with E-state index in [1.165, 1.54) is 31.5 Å². The molecular formula is C15H20N4. The minimum absolute atomic E-state index is 0.761. The Balaban J connectivity index is 1.59. The van der Waals surface area contributed by atoms with Crippen LogP contribution in [0.5, 0.6) is 0 Å². The molecule has 2 atom stereocenters. The first-order valence-electron chi connectivity index (χ1n) is 7.32. The van der Waals surface area contributed by atoms with Crippen molar-refractivity contribution in [1.82, 2.24) is 19.9 Å². The Hall–Kier alpha value is -1.42. The number of aryl methyl sites for hydroxylation is 1. The standard InChI is InChI=1S/C15H20N4/c1-19-14(18-13-3-2-6-16-15(13)19)9-10-7-11-4-5-12(8-10)17-11/h2-3,6,10-12,17H,4-5,7-9H2,1H3. The lowest BCUT2D eigenvalue weighted by Crippen LogP contribution is -2.38. The van der Waals surface area contributed by atoms with Gasteiger partial charge in [-0.25, -0.2) is 9.97 Å². The summed E-state index contributed by atoms with van der Waals surface area (Å²) in [5.74, 6) is 1.98. The number of pyridine rings is 1. The Morgan fingerprint density at radius 1 is 1.32 bits per heavy atom. The highest BCUT2D eigenvalue weighted by Crippen LogP contribution is 2.32. The Morgan fingerprint density at radius 2 is 2.11 bits per heavy atom. The molecule has 0 saturated carbocycles. The van der Waals surface area contributed by atoms with Gasteiger partial charge in [0.05, 0.1) is 0 Å². The van der Waals surface area contributed by atoms with Gasteiger partial charge in [-0.2, -0.15) is 0 Å². The number of hydrogen-bond acceptors (Lipinski definition) is 3. The molecule has 4 nitrogen and oxygen atoms in total. The van der Waals surface area contributed by atoms with Crippen LogP contribution in [-0.2, 0) is 13.5 Å². The molecule has 0 aliphatic carbocycles. The molecule has 2 unspecified atom stereocenters. The minimum Gasteiger partial charge on any atom is -0.316 e. The molecule has 2 bridgehead atoms. The molecule has 0 spiro atoms. The lowest BCUT2D eigenvalue weighted by atomic mass is 9.89. The number of nitrogens with one attached hydrogen (secondary N) is 1. The van der Waals surface area contributed by atoms with E-state index in [1.807, 2.05) is 12.3 Å². The quantitative estimate of drug-likeness (QED) is 0.894. The van der Waals surface area contributed by atoms with Crippen LogP contribution < -0.4 is 5.32 Å². The highest BCUT2D eigenvalue weighted by atomic mass is 15.1. The molecule has 2 saturated heterocycles. The molecule has 4 heterocycles. The summed E-state index contributed by atoms with van der Waals surface area (Å²) in [4.78, 5) is 9.18. The van der Waals surface area contributed by atoms with Gasteiger partial charge < -0.3 is 9.88 Å². The number of aromatic nitrogens is 3. The second kappa shape index (κ2) is 4.30. The van der Waals surface area contributed by atoms with Gasteiger partial charge in [-0.05, 0) is 43.7 Å². The molecule has 0 aromatic carbocycles. The first-order valence-corrected chi connectivity index (χ1v) is 7.32. The van der Waals surface area contributed by atoms with Gasteiger partial charge in [0.2, 0.25) is 0 Å². The van der Waals surface area contributed by atoms with E-state index in [4.69, 9.17) is 4.98 Å². The summed E-state index contributed by atoms with van der Waals surface area (Å²) < 4.78 is 2.17. The lowest BCUT2D eigenvalue weighted by molar-refractivity contribution is 0.294. The predicted octanol–water partition coefficient (Wildman–Crippen LogP) is 2.04. The minimum atomic E-state index is 0.761. The van der Waals surface area contributed by atoms with E-state index in [2.05, 4.69) is 28.0 Å². The van der Waals surface area contributed by atoms with Crippen molar-refractivity contribution in [2.75, 3.05) is 0 Å². The highest BCUT2D eigenvalue weighted by molar-refractivity contribution is 5.70. The van der Waals surface area contributed by atoms with Gasteiger partial charge in [0.25, 0.3) is 0 Å². The van der Waals surface area contributed by atoms with Crippen LogP contribution in [-0.4, -0.2) is 26.6 Å². The van der Waals surface area contributed by atoms with E-state index in [0.29, 0.717) is 0 Å². The molecule has 19 heavy (non-hydrogen) atoms. The van der Waals surface area contributed by atoms with E-state index in [0.717, 1.165) is 35.6 Å². The highest BCUT2D eigenvalue weighted by Gasteiger charge is 2.33. The van der Waals surface area contributed by atoms with Gasteiger partial charge in [0, 0.05) is 31.7 Å². The van der Waals surface area contributed by atoms with Gasteiger partial charge in [-0.15, -0.1) is 0 Å². The van der Waals surface area contributed by atoms with Gasteiger partial charge in [0.15, 0.2) is 5.65 Å². The first-order chi connectivity index (χ1) is 9.29. The number of rotatable bonds is 2. The van der Waals surface area contributed by atoms with Gasteiger partial charge in [-0.3, -0.25) is 0 Å². The molecule has 4 heteroatoms. The Bertz CT molecular complexity index is 591. The average Bonchev–Trinajstić information content (AvgIpc) is 2.92. The van der Waals surface area contributed by atoms with Crippen molar-refractivity contribution in [2.45, 2.75) is 44.2 Å². The van der Waals surface area contributed by atoms with Crippen molar-refractivity contribution < 1.29 is 0 Å². The van der Waals surface area contributed by atoms with Crippen LogP contribution in [0.2, 0.25) is 0 Å². The fraction of sp³-hybridized carbons (Fsp3) is 0.600. The van der Waals surface area contributed by atoms with E-state index in [1.54, 1.807) is 0 Å². The van der Waals surface area contributed by atoms with Crippen LogP contribution >= 0.6 is 0 Å². The smallest absolute Gasteiger partial charge is 0.159 e. The third-order valence-electron chi connectivity index (χ3n) is 4.76. The number of nitrogens with zero attached hydrogens (tertiary/aromatic N) is 3. The molecule has 0 amide bonds. The molecule has 2 aromatic heterocycles. The predicted molar refractivity (Wildman–Crippen MR) is 74.9 cm³/mol. The Kier molecular flexibility index (Phi) is 2.58. The van der Waals surface area contributed by atoms with Crippen molar-refractivity contribution >= 4 is 11.2 Å². The van der Waals surface area contributed by atoms with Crippen molar-refractivity contribution in [3.8, 4) is 0 Å². The summed E-state index contributed by atoms with van der Waals surface area (Å²) in [5, 5.41) is 3.71. The molecule has 0 radical (unpaired) electrons. The number of fused-ring (bicyclic) bond motifs is 3. The van der Waals surface area contributed by atoms with E-state index in [-0.39, 0.29) is 0 Å². The van der Waals surface area contributed by atoms with Gasteiger partial charge in [0.1, 0.15) is 11.3 Å². The Labute approximate surface area is 113 Å². The molecule has 2 aliphatic rings. The van der Waals surface area contributed by atoms with Crippen molar-refractivity contribution in [1.29, 1.82) is 0 Å². The van der Waals surface area contributed by atoms with E-state index >= 15 is 0 Å². The van der Waals surface area contributed by atoms with Crippen molar-refractivity contribution in [3.05, 3.63) is 24.2 Å². The van der Waals surface area contributed by atoms with Crippen LogP contribution in [0.15, 0.2) is 18.3 Å². The van der Waals surface area contributed by atoms with Crippen LogP contribution in [0.1, 0.15) is 31.5 Å². The molecular weight excluding hydrogens is 236 g/mol. The largest absolute Gasteiger partial charge is 0.316 e. The normalized spacial score (nSPS) is 30.1. The second-order valence-electron chi connectivity index (χ2n) is 6.11. The number of imidazole rings is 1. The second-order valence-corrected chi connectivity index (χ2v) is 6.11. The van der Waals surface area contributed by atoms with Gasteiger partial charge >= 0.3 is 0 Å². The van der Waals surface area contributed by atoms with Crippen LogP contribution in [0.4, 0.5) is 0 Å². The lowest BCUT2D eigenvalue weighted by Gasteiger charge is -2.28. The molecule has 2 aliphatic heterocycles. The number of hydrogen-bond donors (Lipinski definition) is 1.